The zero-order valence-corrected chi connectivity index (χ0v) is 15.3. The third kappa shape index (κ3) is 3.14. The summed E-state index contributed by atoms with van der Waals surface area (Å²) in [7, 11) is 5.00. The fourth-order valence-electron chi connectivity index (χ4n) is 2.21. The van der Waals surface area contributed by atoms with Crippen LogP contribution in [-0.4, -0.2) is 50.4 Å². The second kappa shape index (κ2) is 6.53. The lowest BCUT2D eigenvalue weighted by molar-refractivity contribution is 0.0816. The zero-order chi connectivity index (χ0) is 17.3. The van der Waals surface area contributed by atoms with Gasteiger partial charge in [0.05, 0.1) is 22.1 Å². The van der Waals surface area contributed by atoms with Gasteiger partial charge in [-0.1, -0.05) is 0 Å². The lowest BCUT2D eigenvalue weighted by atomic mass is 10.3. The average Bonchev–Trinajstić information content (AvgIpc) is 2.99. The molecule has 1 N–H and O–H groups in total. The first-order chi connectivity index (χ1) is 10.8. The molecule has 2 heterocycles. The number of rotatable bonds is 4. The van der Waals surface area contributed by atoms with Gasteiger partial charge < -0.3 is 10.2 Å². The Hall–Kier alpha value is -2.16. The maximum absolute atomic E-state index is 12.5. The van der Waals surface area contributed by atoms with Crippen molar-refractivity contribution in [3.8, 4) is 0 Å². The Balaban J connectivity index is 2.39. The summed E-state index contributed by atoms with van der Waals surface area (Å²) in [5.41, 5.74) is 1.82. The van der Waals surface area contributed by atoms with Gasteiger partial charge in [-0.15, -0.1) is 0 Å². The Morgan fingerprint density at radius 2 is 2.00 bits per heavy atom. The highest BCUT2D eigenvalue weighted by Gasteiger charge is 2.24. The molecule has 0 atom stereocenters. The van der Waals surface area contributed by atoms with E-state index in [1.165, 1.54) is 15.8 Å². The van der Waals surface area contributed by atoms with E-state index < -0.39 is 0 Å². The van der Waals surface area contributed by atoms with Crippen LogP contribution in [0.2, 0.25) is 0 Å². The number of aryl methyl sites for hydroxylation is 3. The van der Waals surface area contributed by atoms with Crippen molar-refractivity contribution in [1.82, 2.24) is 24.5 Å². The molecule has 23 heavy (non-hydrogen) atoms. The number of aromatic nitrogens is 4. The maximum Gasteiger partial charge on any atom is 0.275 e. The van der Waals surface area contributed by atoms with Gasteiger partial charge in [-0.2, -0.15) is 10.2 Å². The number of halogens is 1. The molecule has 0 aromatic carbocycles. The van der Waals surface area contributed by atoms with Crippen LogP contribution in [0.1, 0.15) is 33.6 Å². The molecule has 0 radical (unpaired) electrons. The number of amides is 2. The molecule has 0 aliphatic carbocycles. The van der Waals surface area contributed by atoms with Crippen molar-refractivity contribution in [2.24, 2.45) is 7.05 Å². The molecule has 0 spiro atoms. The van der Waals surface area contributed by atoms with Crippen molar-refractivity contribution in [3.63, 3.8) is 0 Å². The molecule has 0 saturated heterocycles. The summed E-state index contributed by atoms with van der Waals surface area (Å²) in [6, 6.07) is 0. The molecular weight excluding hydrogens is 364 g/mol. The van der Waals surface area contributed by atoms with E-state index in [2.05, 4.69) is 31.4 Å². The first kappa shape index (κ1) is 17.2. The van der Waals surface area contributed by atoms with Gasteiger partial charge in [0.25, 0.3) is 11.8 Å². The van der Waals surface area contributed by atoms with Crippen LogP contribution >= 0.6 is 15.9 Å². The first-order valence-electron chi connectivity index (χ1n) is 7.05. The predicted octanol–water partition coefficient (Wildman–Crippen LogP) is 1.66. The summed E-state index contributed by atoms with van der Waals surface area (Å²) in [5, 5.41) is 11.1. The zero-order valence-electron chi connectivity index (χ0n) is 13.7. The molecule has 0 bridgehead atoms. The molecule has 2 aromatic rings. The largest absolute Gasteiger partial charge is 0.343 e. The minimum Gasteiger partial charge on any atom is -0.343 e. The lowest BCUT2D eigenvalue weighted by Gasteiger charge is -2.13. The van der Waals surface area contributed by atoms with Gasteiger partial charge in [-0.05, 0) is 29.8 Å². The molecule has 2 rings (SSSR count). The van der Waals surface area contributed by atoms with E-state index in [0.717, 1.165) is 0 Å². The van der Waals surface area contributed by atoms with Gasteiger partial charge in [-0.25, -0.2) is 0 Å². The molecule has 0 saturated carbocycles. The van der Waals surface area contributed by atoms with Crippen LogP contribution in [0, 0.1) is 6.92 Å². The lowest BCUT2D eigenvalue weighted by Crippen LogP contribution is -2.27. The molecule has 9 heteroatoms. The summed E-state index contributed by atoms with van der Waals surface area (Å²) in [5.74, 6) is -0.580. The normalized spacial score (nSPS) is 10.7. The third-order valence-corrected chi connectivity index (χ3v) is 4.31. The van der Waals surface area contributed by atoms with Gasteiger partial charge in [-0.3, -0.25) is 19.0 Å². The SMILES string of the molecule is CCn1ncc(NC(=O)c2c(Br)c(C)nn2C)c1C(=O)N(C)C. The average molecular weight is 383 g/mol. The number of nitrogens with one attached hydrogen (secondary N) is 1. The maximum atomic E-state index is 12.5. The minimum absolute atomic E-state index is 0.222. The quantitative estimate of drug-likeness (QED) is 0.870. The van der Waals surface area contributed by atoms with E-state index in [1.54, 1.807) is 32.7 Å². The second-order valence-corrected chi connectivity index (χ2v) is 6.04. The van der Waals surface area contributed by atoms with Crippen molar-refractivity contribution < 1.29 is 9.59 Å². The molecule has 0 aliphatic rings. The summed E-state index contributed by atoms with van der Waals surface area (Å²) < 4.78 is 3.68. The van der Waals surface area contributed by atoms with Crippen LogP contribution in [0.15, 0.2) is 10.7 Å². The van der Waals surface area contributed by atoms with Crippen LogP contribution < -0.4 is 5.32 Å². The number of nitrogens with zero attached hydrogens (tertiary/aromatic N) is 5. The molecule has 124 valence electrons. The smallest absolute Gasteiger partial charge is 0.275 e. The van der Waals surface area contributed by atoms with Gasteiger partial charge in [0.15, 0.2) is 0 Å². The van der Waals surface area contributed by atoms with E-state index in [1.807, 2.05) is 6.92 Å². The van der Waals surface area contributed by atoms with Crippen LogP contribution in [-0.2, 0) is 13.6 Å². The van der Waals surface area contributed by atoms with Crippen molar-refractivity contribution in [3.05, 3.63) is 27.8 Å². The highest BCUT2D eigenvalue weighted by atomic mass is 79.9. The summed E-state index contributed by atoms with van der Waals surface area (Å²) in [6.07, 6.45) is 1.48. The molecule has 8 nitrogen and oxygen atoms in total. The topological polar surface area (TPSA) is 85.0 Å². The van der Waals surface area contributed by atoms with Crippen LogP contribution in [0.5, 0.6) is 0 Å². The molecular formula is C14H19BrN6O2. The van der Waals surface area contributed by atoms with Gasteiger partial charge in [0.1, 0.15) is 11.4 Å². The van der Waals surface area contributed by atoms with Crippen LogP contribution in [0.4, 0.5) is 5.69 Å². The first-order valence-corrected chi connectivity index (χ1v) is 7.85. The van der Waals surface area contributed by atoms with Crippen molar-refractivity contribution in [1.29, 1.82) is 0 Å². The monoisotopic (exact) mass is 382 g/mol. The highest BCUT2D eigenvalue weighted by Crippen LogP contribution is 2.23. The van der Waals surface area contributed by atoms with Crippen LogP contribution in [0.25, 0.3) is 0 Å². The molecule has 2 aromatic heterocycles. The molecule has 0 aliphatic heterocycles. The van der Waals surface area contributed by atoms with Crippen molar-refractivity contribution in [2.75, 3.05) is 19.4 Å². The number of hydrogen-bond donors (Lipinski definition) is 1. The Bertz CT molecular complexity index is 762. The van der Waals surface area contributed by atoms with Gasteiger partial charge in [0.2, 0.25) is 0 Å². The van der Waals surface area contributed by atoms with Crippen molar-refractivity contribution in [2.45, 2.75) is 20.4 Å². The number of anilines is 1. The van der Waals surface area contributed by atoms with Crippen LogP contribution in [0.3, 0.4) is 0 Å². The van der Waals surface area contributed by atoms with E-state index in [4.69, 9.17) is 0 Å². The summed E-state index contributed by atoms with van der Waals surface area (Å²) in [6.45, 7) is 4.21. The van der Waals surface area contributed by atoms with E-state index >= 15 is 0 Å². The van der Waals surface area contributed by atoms with Gasteiger partial charge in [0, 0.05) is 27.7 Å². The Morgan fingerprint density at radius 3 is 2.48 bits per heavy atom. The van der Waals surface area contributed by atoms with E-state index in [0.29, 0.717) is 33.8 Å². The molecule has 0 unspecified atom stereocenters. The summed E-state index contributed by atoms with van der Waals surface area (Å²) >= 11 is 3.36. The number of carbonyl (C=O) groups excluding carboxylic acids is 2. The van der Waals surface area contributed by atoms with E-state index in [9.17, 15) is 9.59 Å². The fourth-order valence-corrected chi connectivity index (χ4v) is 2.73. The molecule has 2 amide bonds. The Morgan fingerprint density at radius 1 is 1.35 bits per heavy atom. The fraction of sp³-hybridized carbons (Fsp3) is 0.429. The Kier molecular flexibility index (Phi) is 4.88. The second-order valence-electron chi connectivity index (χ2n) is 5.25. The van der Waals surface area contributed by atoms with E-state index in [-0.39, 0.29) is 11.8 Å². The summed E-state index contributed by atoms with van der Waals surface area (Å²) in [4.78, 5) is 26.3. The minimum atomic E-state index is -0.358. The number of hydrogen-bond acceptors (Lipinski definition) is 4. The standard InChI is InChI=1S/C14H19BrN6O2/c1-6-21-11(14(23)19(3)4)9(7-16-21)17-13(22)12-10(15)8(2)18-20(12)5/h7H,6H2,1-5H3,(H,17,22). The molecule has 0 fully saturated rings. The third-order valence-electron chi connectivity index (χ3n) is 3.36. The highest BCUT2D eigenvalue weighted by molar-refractivity contribution is 9.10. The predicted molar refractivity (Wildman–Crippen MR) is 89.5 cm³/mol. The Labute approximate surface area is 142 Å². The van der Waals surface area contributed by atoms with Gasteiger partial charge >= 0.3 is 0 Å². The number of carbonyl (C=O) groups is 2. The van der Waals surface area contributed by atoms with Crippen molar-refractivity contribution >= 4 is 33.4 Å².